The average Bonchev–Trinajstić information content (AvgIpc) is 2.51. The van der Waals surface area contributed by atoms with Gasteiger partial charge in [0.05, 0.1) is 6.10 Å². The van der Waals surface area contributed by atoms with Gasteiger partial charge < -0.3 is 10.2 Å². The summed E-state index contributed by atoms with van der Waals surface area (Å²) in [6, 6.07) is 3.83. The molecule has 0 aliphatic carbocycles. The molecule has 0 amide bonds. The van der Waals surface area contributed by atoms with Crippen LogP contribution in [0.1, 0.15) is 118 Å². The van der Waals surface area contributed by atoms with Crippen molar-refractivity contribution in [2.75, 3.05) is 0 Å². The molecule has 0 aliphatic rings. The second kappa shape index (κ2) is 9.65. The third-order valence-electron chi connectivity index (χ3n) is 5.75. The van der Waals surface area contributed by atoms with Crippen molar-refractivity contribution in [1.29, 1.82) is 0 Å². The van der Waals surface area contributed by atoms with E-state index in [1.807, 2.05) is 6.07 Å². The third kappa shape index (κ3) is 6.79. The first kappa shape index (κ1) is 25.0. The van der Waals surface area contributed by atoms with Crippen LogP contribution in [0.3, 0.4) is 0 Å². The summed E-state index contributed by atoms with van der Waals surface area (Å²) in [5.74, 6) is 1.65. The van der Waals surface area contributed by atoms with E-state index in [1.165, 1.54) is 5.56 Å². The molecular formula is C26H46O2. The van der Waals surface area contributed by atoms with Gasteiger partial charge in [0.25, 0.3) is 0 Å². The molecule has 0 saturated heterocycles. The molecule has 0 spiro atoms. The van der Waals surface area contributed by atoms with Crippen molar-refractivity contribution in [3.63, 3.8) is 0 Å². The van der Waals surface area contributed by atoms with Crippen LogP contribution in [0.25, 0.3) is 0 Å². The van der Waals surface area contributed by atoms with Crippen molar-refractivity contribution >= 4 is 0 Å². The minimum absolute atomic E-state index is 0.0455. The fourth-order valence-electron chi connectivity index (χ4n) is 4.13. The van der Waals surface area contributed by atoms with E-state index in [2.05, 4.69) is 69.2 Å². The number of aliphatic hydroxyl groups excluding tert-OH is 1. The lowest BCUT2D eigenvalue weighted by molar-refractivity contribution is 0.0862. The van der Waals surface area contributed by atoms with Crippen molar-refractivity contribution in [2.24, 2.45) is 17.8 Å². The number of aliphatic hydroxyl groups is 1. The van der Waals surface area contributed by atoms with Crippen molar-refractivity contribution in [3.05, 3.63) is 28.8 Å². The summed E-state index contributed by atoms with van der Waals surface area (Å²) >= 11 is 0. The minimum atomic E-state index is -0.631. The van der Waals surface area contributed by atoms with Gasteiger partial charge in [-0.3, -0.25) is 0 Å². The summed E-state index contributed by atoms with van der Waals surface area (Å²) < 4.78 is 0. The van der Waals surface area contributed by atoms with Crippen molar-refractivity contribution in [1.82, 2.24) is 0 Å². The number of hydrogen-bond donors (Lipinski definition) is 2. The van der Waals surface area contributed by atoms with Crippen molar-refractivity contribution in [2.45, 2.75) is 112 Å². The fraction of sp³-hybridized carbons (Fsp3) is 0.769. The van der Waals surface area contributed by atoms with E-state index in [0.717, 1.165) is 36.8 Å². The molecule has 0 heterocycles. The highest BCUT2D eigenvalue weighted by Crippen LogP contribution is 2.45. The fourth-order valence-corrected chi connectivity index (χ4v) is 4.13. The van der Waals surface area contributed by atoms with Gasteiger partial charge in [-0.2, -0.15) is 0 Å². The Bertz CT molecular complexity index is 603. The summed E-state index contributed by atoms with van der Waals surface area (Å²) in [6.45, 7) is 22.1. The predicted molar refractivity (Wildman–Crippen MR) is 122 cm³/mol. The highest BCUT2D eigenvalue weighted by molar-refractivity contribution is 5.51. The van der Waals surface area contributed by atoms with E-state index in [0.29, 0.717) is 11.8 Å². The zero-order valence-corrected chi connectivity index (χ0v) is 20.2. The number of aromatic hydroxyl groups is 1. The normalized spacial score (nSPS) is 14.4. The van der Waals surface area contributed by atoms with Crippen molar-refractivity contribution < 1.29 is 10.2 Å². The Morgan fingerprint density at radius 3 is 1.57 bits per heavy atom. The zero-order chi connectivity index (χ0) is 21.9. The van der Waals surface area contributed by atoms with Gasteiger partial charge in [-0.1, -0.05) is 88.1 Å². The van der Waals surface area contributed by atoms with Gasteiger partial charge in [-0.25, -0.2) is 0 Å². The number of benzene rings is 1. The Hall–Kier alpha value is -1.02. The van der Waals surface area contributed by atoms with E-state index in [9.17, 15) is 10.2 Å². The zero-order valence-electron chi connectivity index (χ0n) is 20.2. The molecule has 2 nitrogen and oxygen atoms in total. The van der Waals surface area contributed by atoms with E-state index in [1.54, 1.807) is 6.07 Å². The number of phenolic OH excluding ortho intramolecular Hbond substituents is 1. The average molecular weight is 391 g/mol. The van der Waals surface area contributed by atoms with Gasteiger partial charge in [0.1, 0.15) is 5.75 Å². The van der Waals surface area contributed by atoms with Crippen LogP contribution in [0, 0.1) is 17.8 Å². The van der Waals surface area contributed by atoms with Crippen molar-refractivity contribution in [3.8, 4) is 5.75 Å². The van der Waals surface area contributed by atoms with E-state index in [4.69, 9.17) is 0 Å². The monoisotopic (exact) mass is 390 g/mol. The summed E-state index contributed by atoms with van der Waals surface area (Å²) in [7, 11) is 0. The Kier molecular flexibility index (Phi) is 8.62. The highest BCUT2D eigenvalue weighted by atomic mass is 16.3. The van der Waals surface area contributed by atoms with Crippen LogP contribution in [-0.2, 0) is 10.8 Å². The minimum Gasteiger partial charge on any atom is -0.508 e. The number of phenols is 1. The molecule has 1 aromatic rings. The first-order chi connectivity index (χ1) is 12.7. The second-order valence-electron chi connectivity index (χ2n) is 11.6. The standard InChI is InChI=1S/C26H46O2/c1-17(2)11-13-19(14-12-18(3)4)24(28)22-21(27)16-15-20(25(5,6)7)23(22)26(8,9)10/h15-19,24,27-28H,11-14H2,1-10H3. The predicted octanol–water partition coefficient (Wildman–Crippen LogP) is 7.51. The van der Waals surface area contributed by atoms with Crippen LogP contribution in [0.4, 0.5) is 0 Å². The maximum atomic E-state index is 11.6. The SMILES string of the molecule is CC(C)CCC(CCC(C)C)C(O)c1c(O)ccc(C(C)(C)C)c1C(C)(C)C. The van der Waals surface area contributed by atoms with Gasteiger partial charge in [0, 0.05) is 5.56 Å². The molecule has 0 aliphatic heterocycles. The Labute approximate surface area is 174 Å². The van der Waals surface area contributed by atoms with E-state index >= 15 is 0 Å². The lowest BCUT2D eigenvalue weighted by Gasteiger charge is -2.36. The summed E-state index contributed by atoms with van der Waals surface area (Å²) in [4.78, 5) is 0. The lowest BCUT2D eigenvalue weighted by Crippen LogP contribution is -2.27. The molecule has 0 saturated carbocycles. The molecule has 2 heteroatoms. The van der Waals surface area contributed by atoms with E-state index < -0.39 is 6.10 Å². The number of rotatable bonds is 8. The largest absolute Gasteiger partial charge is 0.508 e. The van der Waals surface area contributed by atoms with Gasteiger partial charge in [0.2, 0.25) is 0 Å². The van der Waals surface area contributed by atoms with Crippen LogP contribution >= 0.6 is 0 Å². The van der Waals surface area contributed by atoms with Gasteiger partial charge in [-0.05, 0) is 58.6 Å². The van der Waals surface area contributed by atoms with Crippen LogP contribution in [0.15, 0.2) is 12.1 Å². The lowest BCUT2D eigenvalue weighted by atomic mass is 9.70. The topological polar surface area (TPSA) is 40.5 Å². The molecule has 162 valence electrons. The summed E-state index contributed by atoms with van der Waals surface area (Å²) in [5, 5.41) is 22.4. The Morgan fingerprint density at radius 1 is 0.750 bits per heavy atom. The van der Waals surface area contributed by atoms with Gasteiger partial charge >= 0.3 is 0 Å². The van der Waals surface area contributed by atoms with Gasteiger partial charge in [0.15, 0.2) is 0 Å². The summed E-state index contributed by atoms with van der Waals surface area (Å²) in [5.41, 5.74) is 2.90. The second-order valence-corrected chi connectivity index (χ2v) is 11.6. The molecule has 1 rings (SSSR count). The van der Waals surface area contributed by atoms with Crippen LogP contribution < -0.4 is 0 Å². The molecular weight excluding hydrogens is 344 g/mol. The maximum Gasteiger partial charge on any atom is 0.121 e. The van der Waals surface area contributed by atoms with Crippen LogP contribution in [0.5, 0.6) is 5.75 Å². The highest BCUT2D eigenvalue weighted by Gasteiger charge is 2.34. The molecule has 28 heavy (non-hydrogen) atoms. The van der Waals surface area contributed by atoms with Crippen LogP contribution in [-0.4, -0.2) is 10.2 Å². The van der Waals surface area contributed by atoms with Crippen LogP contribution in [0.2, 0.25) is 0 Å². The molecule has 0 radical (unpaired) electrons. The molecule has 0 bridgehead atoms. The number of hydrogen-bond acceptors (Lipinski definition) is 2. The maximum absolute atomic E-state index is 11.6. The smallest absolute Gasteiger partial charge is 0.121 e. The first-order valence-electron chi connectivity index (χ1n) is 11.2. The Morgan fingerprint density at radius 2 is 1.21 bits per heavy atom. The molecule has 1 unspecified atom stereocenters. The molecule has 1 aromatic carbocycles. The molecule has 2 N–H and O–H groups in total. The Balaban J connectivity index is 3.51. The first-order valence-corrected chi connectivity index (χ1v) is 11.2. The van der Waals surface area contributed by atoms with Gasteiger partial charge in [-0.15, -0.1) is 0 Å². The molecule has 0 fully saturated rings. The third-order valence-corrected chi connectivity index (χ3v) is 5.75. The molecule has 1 atom stereocenters. The quantitative estimate of drug-likeness (QED) is 0.482. The summed E-state index contributed by atoms with van der Waals surface area (Å²) in [6.07, 6.45) is 3.56. The van der Waals surface area contributed by atoms with E-state index in [-0.39, 0.29) is 22.5 Å². The molecule has 0 aromatic heterocycles.